The van der Waals surface area contributed by atoms with E-state index in [0.717, 1.165) is 61.7 Å². The number of aryl methyl sites for hydroxylation is 2. The van der Waals surface area contributed by atoms with Crippen molar-refractivity contribution in [1.29, 1.82) is 0 Å². The topological polar surface area (TPSA) is 56.8 Å². The minimum Gasteiger partial charge on any atom is -0.338 e. The Morgan fingerprint density at radius 2 is 1.66 bits per heavy atom. The predicted octanol–water partition coefficient (Wildman–Crippen LogP) is 4.95. The number of benzene rings is 1. The maximum absolute atomic E-state index is 13.7. The van der Waals surface area contributed by atoms with Crippen molar-refractivity contribution in [3.63, 3.8) is 0 Å². The van der Waals surface area contributed by atoms with Gasteiger partial charge < -0.3 is 14.7 Å². The van der Waals surface area contributed by atoms with E-state index in [4.69, 9.17) is 0 Å². The molecule has 3 fully saturated rings. The van der Waals surface area contributed by atoms with Gasteiger partial charge in [-0.3, -0.25) is 14.6 Å². The molecule has 0 spiro atoms. The summed E-state index contributed by atoms with van der Waals surface area (Å²) in [7, 11) is 0. The van der Waals surface area contributed by atoms with Crippen molar-refractivity contribution in [2.75, 3.05) is 44.2 Å². The Balaban J connectivity index is 1.14. The Labute approximate surface area is 224 Å². The molecule has 1 aromatic carbocycles. The fraction of sp³-hybridized carbons (Fsp3) is 0.567. The Bertz CT molecular complexity index is 1110. The second-order valence-electron chi connectivity index (χ2n) is 11.4. The average molecular weight is 525 g/mol. The van der Waals surface area contributed by atoms with Crippen LogP contribution in [-0.2, 0) is 4.79 Å². The highest BCUT2D eigenvalue weighted by Gasteiger charge is 2.42. The summed E-state index contributed by atoms with van der Waals surface area (Å²) in [6.45, 7) is 8.77. The lowest BCUT2D eigenvalue weighted by molar-refractivity contribution is -0.126. The van der Waals surface area contributed by atoms with Crippen molar-refractivity contribution < 1.29 is 18.4 Å². The van der Waals surface area contributed by atoms with Crippen molar-refractivity contribution in [3.8, 4) is 0 Å². The Hall–Kier alpha value is -2.87. The second-order valence-corrected chi connectivity index (χ2v) is 11.4. The third kappa shape index (κ3) is 5.75. The maximum atomic E-state index is 13.7. The second kappa shape index (κ2) is 11.1. The number of likely N-dealkylation sites (tertiary alicyclic amines) is 2. The van der Waals surface area contributed by atoms with Gasteiger partial charge in [0.15, 0.2) is 0 Å². The van der Waals surface area contributed by atoms with Gasteiger partial charge in [0.25, 0.3) is 5.91 Å². The van der Waals surface area contributed by atoms with Crippen molar-refractivity contribution in [2.24, 2.45) is 17.8 Å². The van der Waals surface area contributed by atoms with E-state index in [-0.39, 0.29) is 43.4 Å². The number of hydrogen-bond acceptors (Lipinski definition) is 4. The fourth-order valence-corrected chi connectivity index (χ4v) is 6.55. The van der Waals surface area contributed by atoms with E-state index >= 15 is 0 Å². The molecular weight excluding hydrogens is 486 g/mol. The van der Waals surface area contributed by atoms with Crippen LogP contribution in [0.2, 0.25) is 0 Å². The molecule has 2 aromatic rings. The Kier molecular flexibility index (Phi) is 7.80. The predicted molar refractivity (Wildman–Crippen MR) is 143 cm³/mol. The molecule has 2 aliphatic heterocycles. The monoisotopic (exact) mass is 524 g/mol. The number of carbonyl (C=O) groups is 2. The Morgan fingerprint density at radius 1 is 1.00 bits per heavy atom. The molecule has 6 nitrogen and oxygen atoms in total. The summed E-state index contributed by atoms with van der Waals surface area (Å²) in [5, 5.41) is 0. The van der Waals surface area contributed by atoms with Crippen LogP contribution >= 0.6 is 0 Å². The number of fused-ring (bicyclic) bond motifs is 1. The number of aromatic nitrogens is 1. The maximum Gasteiger partial charge on any atom is 0.255 e. The van der Waals surface area contributed by atoms with Crippen LogP contribution in [0.5, 0.6) is 0 Å². The number of nitrogens with zero attached hydrogens (tertiary/aromatic N) is 4. The van der Waals surface area contributed by atoms with Crippen LogP contribution in [0.4, 0.5) is 14.5 Å². The lowest BCUT2D eigenvalue weighted by Gasteiger charge is -2.32. The summed E-state index contributed by atoms with van der Waals surface area (Å²) in [4.78, 5) is 37.2. The van der Waals surface area contributed by atoms with Gasteiger partial charge in [-0.1, -0.05) is 18.2 Å². The number of hydrogen-bond donors (Lipinski definition) is 0. The molecule has 204 valence electrons. The lowest BCUT2D eigenvalue weighted by Crippen LogP contribution is -2.41. The lowest BCUT2D eigenvalue weighted by atomic mass is 9.85. The summed E-state index contributed by atoms with van der Waals surface area (Å²) in [6.07, 6.45) is 2.65. The standard InChI is InChI=1S/C30H38F2N4O2/c1-21-11-14-33-22(2)27(21)29(38)35-19-24-17-34(18-25(24)20-35)15-6-16-36(26-7-4-3-5-8-26)28(37)23-9-12-30(31,32)13-10-23/h3-5,7-8,11,14,23-25H,6,9-10,12-13,15-20H2,1-2H3. The SMILES string of the molecule is Cc1ccnc(C)c1C(=O)N1CC2CN(CCCN(C(=O)C3CCC(F)(F)CC3)c3ccccc3)CC2C1. The van der Waals surface area contributed by atoms with Gasteiger partial charge in [-0.05, 0) is 75.3 Å². The molecule has 1 aromatic heterocycles. The molecule has 2 saturated heterocycles. The highest BCUT2D eigenvalue weighted by molar-refractivity contribution is 5.97. The number of halogens is 2. The third-order valence-electron chi connectivity index (χ3n) is 8.67. The molecular formula is C30H38F2N4O2. The van der Waals surface area contributed by atoms with E-state index < -0.39 is 5.92 Å². The average Bonchev–Trinajstić information content (AvgIpc) is 3.46. The highest BCUT2D eigenvalue weighted by Crippen LogP contribution is 2.37. The number of alkyl halides is 2. The number of rotatable bonds is 7. The van der Waals surface area contributed by atoms with E-state index in [9.17, 15) is 18.4 Å². The third-order valence-corrected chi connectivity index (χ3v) is 8.67. The highest BCUT2D eigenvalue weighted by atomic mass is 19.3. The molecule has 0 radical (unpaired) electrons. The first kappa shape index (κ1) is 26.7. The number of carbonyl (C=O) groups excluding carboxylic acids is 2. The van der Waals surface area contributed by atoms with E-state index in [1.54, 1.807) is 6.20 Å². The van der Waals surface area contributed by atoms with Gasteiger partial charge in [0, 0.05) is 63.4 Å². The molecule has 3 aliphatic rings. The minimum atomic E-state index is -2.64. The van der Waals surface area contributed by atoms with Crippen molar-refractivity contribution in [2.45, 2.75) is 51.9 Å². The molecule has 2 amide bonds. The first-order valence-electron chi connectivity index (χ1n) is 13.9. The Morgan fingerprint density at radius 3 is 2.29 bits per heavy atom. The van der Waals surface area contributed by atoms with Crippen LogP contribution in [0, 0.1) is 31.6 Å². The molecule has 0 N–H and O–H groups in total. The van der Waals surface area contributed by atoms with Crippen LogP contribution in [0.15, 0.2) is 42.6 Å². The van der Waals surface area contributed by atoms with E-state index in [0.29, 0.717) is 18.4 Å². The fourth-order valence-electron chi connectivity index (χ4n) is 6.55. The van der Waals surface area contributed by atoms with Crippen molar-refractivity contribution in [1.82, 2.24) is 14.8 Å². The number of para-hydroxylation sites is 1. The summed E-state index contributed by atoms with van der Waals surface area (Å²) < 4.78 is 27.3. The number of anilines is 1. The van der Waals surface area contributed by atoms with Gasteiger partial charge in [0.1, 0.15) is 0 Å². The van der Waals surface area contributed by atoms with E-state index in [1.807, 2.05) is 60.0 Å². The minimum absolute atomic E-state index is 0.0277. The van der Waals surface area contributed by atoms with E-state index in [1.165, 1.54) is 0 Å². The van der Waals surface area contributed by atoms with Gasteiger partial charge in [0.05, 0.1) is 11.3 Å². The molecule has 2 atom stereocenters. The zero-order valence-electron chi connectivity index (χ0n) is 22.4. The molecule has 38 heavy (non-hydrogen) atoms. The van der Waals surface area contributed by atoms with Gasteiger partial charge in [0.2, 0.25) is 11.8 Å². The first-order chi connectivity index (χ1) is 18.2. The molecule has 3 heterocycles. The summed E-state index contributed by atoms with van der Waals surface area (Å²) in [5.41, 5.74) is 3.33. The van der Waals surface area contributed by atoms with E-state index in [2.05, 4.69) is 9.88 Å². The first-order valence-corrected chi connectivity index (χ1v) is 13.9. The quantitative estimate of drug-likeness (QED) is 0.514. The summed E-state index contributed by atoms with van der Waals surface area (Å²) in [5.74, 6) is -1.99. The smallest absolute Gasteiger partial charge is 0.255 e. The van der Waals surface area contributed by atoms with Crippen LogP contribution in [0.1, 0.15) is 53.7 Å². The van der Waals surface area contributed by atoms with Crippen LogP contribution in [0.25, 0.3) is 0 Å². The van der Waals surface area contributed by atoms with Gasteiger partial charge in [-0.15, -0.1) is 0 Å². The largest absolute Gasteiger partial charge is 0.338 e. The molecule has 8 heteroatoms. The van der Waals surface area contributed by atoms with Crippen molar-refractivity contribution in [3.05, 3.63) is 59.4 Å². The summed E-state index contributed by atoms with van der Waals surface area (Å²) >= 11 is 0. The zero-order chi connectivity index (χ0) is 26.9. The number of amides is 2. The summed E-state index contributed by atoms with van der Waals surface area (Å²) in [6, 6.07) is 11.5. The zero-order valence-corrected chi connectivity index (χ0v) is 22.4. The van der Waals surface area contributed by atoms with Crippen LogP contribution in [0.3, 0.4) is 0 Å². The van der Waals surface area contributed by atoms with Gasteiger partial charge >= 0.3 is 0 Å². The normalized spacial score (nSPS) is 23.4. The number of pyridine rings is 1. The molecule has 5 rings (SSSR count). The van der Waals surface area contributed by atoms with Crippen LogP contribution in [-0.4, -0.2) is 71.8 Å². The molecule has 0 bridgehead atoms. The van der Waals surface area contributed by atoms with Gasteiger partial charge in [-0.25, -0.2) is 8.78 Å². The van der Waals surface area contributed by atoms with Gasteiger partial charge in [-0.2, -0.15) is 0 Å². The molecule has 2 unspecified atom stereocenters. The molecule has 1 saturated carbocycles. The molecule has 1 aliphatic carbocycles. The van der Waals surface area contributed by atoms with Crippen molar-refractivity contribution >= 4 is 17.5 Å². The van der Waals surface area contributed by atoms with Crippen LogP contribution < -0.4 is 4.90 Å².